The van der Waals surface area contributed by atoms with Crippen LogP contribution in [0.4, 0.5) is 10.1 Å². The van der Waals surface area contributed by atoms with Gasteiger partial charge in [0, 0.05) is 0 Å². The summed E-state index contributed by atoms with van der Waals surface area (Å²) in [5, 5.41) is 3.35. The van der Waals surface area contributed by atoms with Gasteiger partial charge in [-0.2, -0.15) is 0 Å². The minimum atomic E-state index is -3.87. The Hall–Kier alpha value is -3.10. The van der Waals surface area contributed by atoms with E-state index in [1.807, 2.05) is 0 Å². The van der Waals surface area contributed by atoms with E-state index >= 15 is 0 Å². The lowest BCUT2D eigenvalue weighted by Gasteiger charge is -2.23. The number of hydrogen-bond acceptors (Lipinski definition) is 4. The molecule has 154 valence electrons. The molecule has 1 aliphatic rings. The third-order valence-corrected chi connectivity index (χ3v) is 6.16. The minimum Gasteiger partial charge on any atom is -0.454 e. The zero-order valence-corrected chi connectivity index (χ0v) is 17.4. The highest BCUT2D eigenvalue weighted by molar-refractivity contribution is 7.90. The van der Waals surface area contributed by atoms with Crippen LogP contribution in [0.5, 0.6) is 11.5 Å². The van der Waals surface area contributed by atoms with E-state index in [-0.39, 0.29) is 34.7 Å². The van der Waals surface area contributed by atoms with Crippen molar-refractivity contribution >= 4 is 33.3 Å². The van der Waals surface area contributed by atoms with E-state index in [1.54, 1.807) is 55.5 Å². The zero-order chi connectivity index (χ0) is 21.3. The Bertz CT molecular complexity index is 1260. The maximum Gasteiger partial charge on any atom is 0.266 e. The fraction of sp³-hybridized carbons (Fsp3) is 0.0952. The summed E-state index contributed by atoms with van der Waals surface area (Å²) >= 11 is 6.15. The van der Waals surface area contributed by atoms with E-state index in [2.05, 4.69) is 15.0 Å². The lowest BCUT2D eigenvalue weighted by Crippen LogP contribution is -2.40. The van der Waals surface area contributed by atoms with Gasteiger partial charge in [0.2, 0.25) is 5.96 Å². The van der Waals surface area contributed by atoms with Crippen molar-refractivity contribution < 1.29 is 17.5 Å². The van der Waals surface area contributed by atoms with Gasteiger partial charge in [-0.05, 0) is 48.4 Å². The van der Waals surface area contributed by atoms with Gasteiger partial charge in [-0.1, -0.05) is 41.9 Å². The predicted molar refractivity (Wildman–Crippen MR) is 114 cm³/mol. The van der Waals surface area contributed by atoms with Crippen LogP contribution in [0.15, 0.2) is 70.6 Å². The van der Waals surface area contributed by atoms with E-state index in [0.717, 1.165) is 0 Å². The van der Waals surface area contributed by atoms with Gasteiger partial charge in [-0.15, -0.1) is 0 Å². The number of para-hydroxylation sites is 2. The number of nitrogens with zero attached hydrogens (tertiary/aromatic N) is 1. The van der Waals surface area contributed by atoms with Crippen molar-refractivity contribution in [2.45, 2.75) is 18.4 Å². The normalized spacial score (nSPS) is 15.8. The first kappa shape index (κ1) is 20.2. The number of sulfonamides is 1. The number of rotatable bonds is 4. The third kappa shape index (κ3) is 4.10. The van der Waals surface area contributed by atoms with Crippen molar-refractivity contribution in [1.29, 1.82) is 0 Å². The quantitative estimate of drug-likeness (QED) is 0.602. The van der Waals surface area contributed by atoms with Gasteiger partial charge < -0.3 is 10.1 Å². The van der Waals surface area contributed by atoms with Crippen molar-refractivity contribution in [3.05, 3.63) is 82.6 Å². The van der Waals surface area contributed by atoms with Crippen LogP contribution in [0.1, 0.15) is 11.1 Å². The molecule has 0 fully saturated rings. The molecule has 0 amide bonds. The number of fused-ring (bicyclic) bond motifs is 1. The third-order valence-electron chi connectivity index (χ3n) is 4.46. The molecule has 0 aliphatic carbocycles. The molecule has 2 N–H and O–H groups in total. The average Bonchev–Trinajstić information content (AvgIpc) is 2.71. The number of guanidine groups is 1. The lowest BCUT2D eigenvalue weighted by atomic mass is 10.1. The summed E-state index contributed by atoms with van der Waals surface area (Å²) in [5.74, 6) is 0.336. The molecule has 0 radical (unpaired) electrons. The van der Waals surface area contributed by atoms with Crippen LogP contribution >= 0.6 is 11.6 Å². The molecule has 4 rings (SSSR count). The largest absolute Gasteiger partial charge is 0.454 e. The van der Waals surface area contributed by atoms with Crippen LogP contribution in [-0.2, 0) is 16.6 Å². The van der Waals surface area contributed by atoms with E-state index in [4.69, 9.17) is 16.3 Å². The molecule has 0 spiro atoms. The molecule has 0 unspecified atom stereocenters. The fourth-order valence-electron chi connectivity index (χ4n) is 2.89. The summed E-state index contributed by atoms with van der Waals surface area (Å²) in [5.41, 5.74) is 1.38. The van der Waals surface area contributed by atoms with Crippen LogP contribution in [0.2, 0.25) is 5.02 Å². The SMILES string of the molecule is Cc1ccc(CN=C2Nc3c(Oc4ccccc4Cl)cccc3S(=O)(=O)N2)cc1F. The molecular formula is C21H17ClFN3O3S. The Balaban J connectivity index is 1.67. The second kappa shape index (κ2) is 7.97. The molecule has 3 aromatic carbocycles. The highest BCUT2D eigenvalue weighted by atomic mass is 35.5. The molecule has 0 saturated heterocycles. The van der Waals surface area contributed by atoms with E-state index in [9.17, 15) is 12.8 Å². The smallest absolute Gasteiger partial charge is 0.266 e. The van der Waals surface area contributed by atoms with Gasteiger partial charge in [-0.3, -0.25) is 0 Å². The van der Waals surface area contributed by atoms with Crippen molar-refractivity contribution in [2.75, 3.05) is 5.32 Å². The first-order valence-electron chi connectivity index (χ1n) is 8.98. The average molecular weight is 446 g/mol. The Morgan fingerprint density at radius 2 is 1.83 bits per heavy atom. The first-order chi connectivity index (χ1) is 14.3. The molecule has 0 saturated carbocycles. The number of aliphatic imine (C=N–C) groups is 1. The molecule has 0 bridgehead atoms. The van der Waals surface area contributed by atoms with Gasteiger partial charge in [0.1, 0.15) is 22.1 Å². The lowest BCUT2D eigenvalue weighted by molar-refractivity contribution is 0.483. The zero-order valence-electron chi connectivity index (χ0n) is 15.8. The number of aryl methyl sites for hydroxylation is 1. The Labute approximate surface area is 178 Å². The molecule has 30 heavy (non-hydrogen) atoms. The second-order valence-electron chi connectivity index (χ2n) is 6.64. The van der Waals surface area contributed by atoms with Gasteiger partial charge in [0.15, 0.2) is 5.75 Å². The number of hydrogen-bond donors (Lipinski definition) is 2. The van der Waals surface area contributed by atoms with Crippen LogP contribution in [-0.4, -0.2) is 14.4 Å². The van der Waals surface area contributed by atoms with Gasteiger partial charge in [-0.25, -0.2) is 22.5 Å². The summed E-state index contributed by atoms with van der Waals surface area (Å²) in [6.07, 6.45) is 0. The van der Waals surface area contributed by atoms with Gasteiger partial charge >= 0.3 is 0 Å². The summed E-state index contributed by atoms with van der Waals surface area (Å²) < 4.78 is 47.4. The van der Waals surface area contributed by atoms with E-state index in [0.29, 0.717) is 21.9 Å². The van der Waals surface area contributed by atoms with Crippen LogP contribution < -0.4 is 14.8 Å². The summed E-state index contributed by atoms with van der Waals surface area (Å²) in [4.78, 5) is 4.27. The molecule has 3 aromatic rings. The highest BCUT2D eigenvalue weighted by Gasteiger charge is 2.29. The molecule has 9 heteroatoms. The first-order valence-corrected chi connectivity index (χ1v) is 10.8. The predicted octanol–water partition coefficient (Wildman–Crippen LogP) is 4.84. The van der Waals surface area contributed by atoms with Crippen molar-refractivity contribution in [1.82, 2.24) is 4.72 Å². The second-order valence-corrected chi connectivity index (χ2v) is 8.70. The highest BCUT2D eigenvalue weighted by Crippen LogP contribution is 2.38. The molecule has 0 aromatic heterocycles. The molecule has 1 aliphatic heterocycles. The topological polar surface area (TPSA) is 79.8 Å². The molecule has 6 nitrogen and oxygen atoms in total. The molecule has 0 atom stereocenters. The molecular weight excluding hydrogens is 429 g/mol. The Kier molecular flexibility index (Phi) is 5.36. The Morgan fingerprint density at radius 3 is 2.60 bits per heavy atom. The summed E-state index contributed by atoms with van der Waals surface area (Å²) in [6, 6.07) is 16.3. The number of anilines is 1. The van der Waals surface area contributed by atoms with Crippen LogP contribution in [0, 0.1) is 12.7 Å². The minimum absolute atomic E-state index is 0.0127. The van der Waals surface area contributed by atoms with Crippen molar-refractivity contribution in [3.63, 3.8) is 0 Å². The van der Waals surface area contributed by atoms with Gasteiger partial charge in [0.25, 0.3) is 10.0 Å². The van der Waals surface area contributed by atoms with Gasteiger partial charge in [0.05, 0.1) is 11.6 Å². The maximum atomic E-state index is 13.8. The number of nitrogens with one attached hydrogen (secondary N) is 2. The number of halogens is 2. The van der Waals surface area contributed by atoms with Crippen LogP contribution in [0.25, 0.3) is 0 Å². The van der Waals surface area contributed by atoms with Crippen molar-refractivity contribution in [2.24, 2.45) is 4.99 Å². The fourth-order valence-corrected chi connectivity index (χ4v) is 4.22. The summed E-state index contributed by atoms with van der Waals surface area (Å²) in [7, 11) is -3.87. The standard InChI is InChI=1S/C21H17ClFN3O3S/c1-13-9-10-14(11-16(13)23)12-24-21-25-20-18(29-17-6-3-2-5-15(17)22)7-4-8-19(20)30(27,28)26-21/h2-11H,12H2,1H3,(H2,24,25,26). The Morgan fingerprint density at radius 1 is 1.07 bits per heavy atom. The maximum absolute atomic E-state index is 13.8. The van der Waals surface area contributed by atoms with Crippen molar-refractivity contribution in [3.8, 4) is 11.5 Å². The number of ether oxygens (including phenoxy) is 1. The van der Waals surface area contributed by atoms with E-state index in [1.165, 1.54) is 12.1 Å². The summed E-state index contributed by atoms with van der Waals surface area (Å²) in [6.45, 7) is 1.75. The number of benzene rings is 3. The monoisotopic (exact) mass is 445 g/mol. The van der Waals surface area contributed by atoms with E-state index < -0.39 is 10.0 Å². The molecule has 1 heterocycles. The van der Waals surface area contributed by atoms with Crippen LogP contribution in [0.3, 0.4) is 0 Å².